The van der Waals surface area contributed by atoms with Crippen molar-refractivity contribution in [2.24, 2.45) is 0 Å². The van der Waals surface area contributed by atoms with Crippen LogP contribution in [0.15, 0.2) is 72.8 Å². The third-order valence-corrected chi connectivity index (χ3v) is 4.69. The molecule has 0 radical (unpaired) electrons. The molecule has 0 saturated heterocycles. The summed E-state index contributed by atoms with van der Waals surface area (Å²) in [5.41, 5.74) is 3.07. The minimum absolute atomic E-state index is 0.238. The van der Waals surface area contributed by atoms with Crippen LogP contribution in [-0.2, 0) is 17.9 Å². The molecule has 0 N–H and O–H groups in total. The SMILES string of the molecule is Fc1cc2c(c(Cn3nnc(-c4ccccc4)n3)c1)O[C@@H](c1ccccc1)OC2. The number of aromatic nitrogens is 4. The predicted octanol–water partition coefficient (Wildman–Crippen LogP) is 4.14. The van der Waals surface area contributed by atoms with E-state index in [1.54, 1.807) is 0 Å². The van der Waals surface area contributed by atoms with Gasteiger partial charge in [-0.3, -0.25) is 0 Å². The monoisotopic (exact) mass is 388 g/mol. The van der Waals surface area contributed by atoms with Gasteiger partial charge in [0, 0.05) is 22.3 Å². The first-order chi connectivity index (χ1) is 14.3. The van der Waals surface area contributed by atoms with Gasteiger partial charge in [-0.1, -0.05) is 60.7 Å². The molecule has 7 heteroatoms. The maximum atomic E-state index is 14.2. The van der Waals surface area contributed by atoms with Crippen LogP contribution in [0.1, 0.15) is 23.0 Å². The van der Waals surface area contributed by atoms with E-state index in [0.29, 0.717) is 22.7 Å². The molecule has 1 atom stereocenters. The van der Waals surface area contributed by atoms with E-state index >= 15 is 0 Å². The highest BCUT2D eigenvalue weighted by atomic mass is 19.1. The topological polar surface area (TPSA) is 62.1 Å². The molecule has 0 bridgehead atoms. The molecule has 0 spiro atoms. The van der Waals surface area contributed by atoms with Gasteiger partial charge in [0.05, 0.1) is 13.2 Å². The smallest absolute Gasteiger partial charge is 0.227 e. The van der Waals surface area contributed by atoms with Gasteiger partial charge in [0.2, 0.25) is 12.1 Å². The zero-order valence-corrected chi connectivity index (χ0v) is 15.4. The Kier molecular flexibility index (Phi) is 4.50. The van der Waals surface area contributed by atoms with E-state index in [1.807, 2.05) is 60.7 Å². The van der Waals surface area contributed by atoms with Gasteiger partial charge in [-0.25, -0.2) is 4.39 Å². The molecule has 0 fully saturated rings. The zero-order valence-electron chi connectivity index (χ0n) is 15.4. The van der Waals surface area contributed by atoms with Gasteiger partial charge in [0.25, 0.3) is 0 Å². The fourth-order valence-corrected chi connectivity index (χ4v) is 3.33. The van der Waals surface area contributed by atoms with E-state index in [2.05, 4.69) is 15.4 Å². The highest BCUT2D eigenvalue weighted by Gasteiger charge is 2.25. The molecule has 0 saturated carbocycles. The van der Waals surface area contributed by atoms with Crippen LogP contribution in [0.3, 0.4) is 0 Å². The second-order valence-corrected chi connectivity index (χ2v) is 6.73. The molecule has 2 heterocycles. The molecule has 1 aliphatic rings. The van der Waals surface area contributed by atoms with E-state index in [4.69, 9.17) is 9.47 Å². The average Bonchev–Trinajstić information content (AvgIpc) is 3.23. The number of tetrazole rings is 1. The largest absolute Gasteiger partial charge is 0.460 e. The fraction of sp³-hybridized carbons (Fsp3) is 0.136. The lowest BCUT2D eigenvalue weighted by Crippen LogP contribution is -2.20. The van der Waals surface area contributed by atoms with Gasteiger partial charge in [0.15, 0.2) is 0 Å². The fourth-order valence-electron chi connectivity index (χ4n) is 3.33. The third kappa shape index (κ3) is 3.60. The van der Waals surface area contributed by atoms with Crippen molar-refractivity contribution < 1.29 is 13.9 Å². The highest BCUT2D eigenvalue weighted by molar-refractivity contribution is 5.53. The van der Waals surface area contributed by atoms with Crippen molar-refractivity contribution in [2.45, 2.75) is 19.4 Å². The second-order valence-electron chi connectivity index (χ2n) is 6.73. The predicted molar refractivity (Wildman–Crippen MR) is 103 cm³/mol. The van der Waals surface area contributed by atoms with Crippen LogP contribution in [0.25, 0.3) is 11.4 Å². The Morgan fingerprint density at radius 2 is 1.76 bits per heavy atom. The van der Waals surface area contributed by atoms with Crippen LogP contribution in [0.5, 0.6) is 5.75 Å². The molecule has 5 rings (SSSR count). The van der Waals surface area contributed by atoms with E-state index in [-0.39, 0.29) is 19.0 Å². The average molecular weight is 388 g/mol. The molecule has 0 unspecified atom stereocenters. The molecule has 3 aromatic carbocycles. The van der Waals surface area contributed by atoms with Gasteiger partial charge in [0.1, 0.15) is 11.6 Å². The summed E-state index contributed by atoms with van der Waals surface area (Å²) in [4.78, 5) is 1.44. The number of halogens is 1. The first-order valence-electron chi connectivity index (χ1n) is 9.24. The van der Waals surface area contributed by atoms with E-state index in [0.717, 1.165) is 11.1 Å². The standard InChI is InChI=1S/C22H17FN4O2/c23-19-11-17(13-27-25-21(24-26-27)15-7-3-1-4-8-15)20-18(12-19)14-28-22(29-20)16-9-5-2-6-10-16/h1-12,22H,13-14H2/t22-/m0/s1. The molecule has 144 valence electrons. The molecule has 1 aliphatic heterocycles. The molecular formula is C22H17FN4O2. The van der Waals surface area contributed by atoms with Crippen molar-refractivity contribution in [3.8, 4) is 17.1 Å². The van der Waals surface area contributed by atoms with Crippen molar-refractivity contribution in [3.05, 3.63) is 95.3 Å². The number of benzene rings is 3. The summed E-state index contributed by atoms with van der Waals surface area (Å²) in [7, 11) is 0. The lowest BCUT2D eigenvalue weighted by molar-refractivity contribution is -0.112. The molecule has 1 aromatic heterocycles. The summed E-state index contributed by atoms with van der Waals surface area (Å²) in [6, 6.07) is 22.1. The molecule has 6 nitrogen and oxygen atoms in total. The summed E-state index contributed by atoms with van der Waals surface area (Å²) in [6.45, 7) is 0.501. The van der Waals surface area contributed by atoms with Crippen molar-refractivity contribution in [3.63, 3.8) is 0 Å². The van der Waals surface area contributed by atoms with Crippen molar-refractivity contribution >= 4 is 0 Å². The summed E-state index contributed by atoms with van der Waals surface area (Å²) in [5.74, 6) is 0.764. The lowest BCUT2D eigenvalue weighted by Gasteiger charge is -2.28. The van der Waals surface area contributed by atoms with Gasteiger partial charge in [-0.05, 0) is 17.3 Å². The van der Waals surface area contributed by atoms with Crippen molar-refractivity contribution in [2.75, 3.05) is 0 Å². The Bertz CT molecular complexity index is 1130. The maximum absolute atomic E-state index is 14.2. The molecule has 0 amide bonds. The van der Waals surface area contributed by atoms with Crippen LogP contribution in [0.4, 0.5) is 4.39 Å². The van der Waals surface area contributed by atoms with Gasteiger partial charge in [-0.2, -0.15) is 4.80 Å². The molecule has 4 aromatic rings. The normalized spacial score (nSPS) is 15.6. The van der Waals surface area contributed by atoms with Crippen LogP contribution >= 0.6 is 0 Å². The first kappa shape index (κ1) is 17.5. The van der Waals surface area contributed by atoms with Gasteiger partial charge < -0.3 is 9.47 Å². The van der Waals surface area contributed by atoms with Crippen molar-refractivity contribution in [1.82, 2.24) is 20.2 Å². The molecule has 0 aliphatic carbocycles. The molecular weight excluding hydrogens is 371 g/mol. The Morgan fingerprint density at radius 3 is 2.55 bits per heavy atom. The maximum Gasteiger partial charge on any atom is 0.227 e. The van der Waals surface area contributed by atoms with E-state index in [9.17, 15) is 4.39 Å². The van der Waals surface area contributed by atoms with Gasteiger partial charge in [-0.15, -0.1) is 10.2 Å². The highest BCUT2D eigenvalue weighted by Crippen LogP contribution is 2.36. The number of fused-ring (bicyclic) bond motifs is 1. The molecule has 29 heavy (non-hydrogen) atoms. The number of hydrogen-bond donors (Lipinski definition) is 0. The third-order valence-electron chi connectivity index (χ3n) is 4.69. The summed E-state index contributed by atoms with van der Waals surface area (Å²) < 4.78 is 26.0. The van der Waals surface area contributed by atoms with Crippen molar-refractivity contribution in [1.29, 1.82) is 0 Å². The Labute approximate surface area is 166 Å². The van der Waals surface area contributed by atoms with E-state index in [1.165, 1.54) is 16.9 Å². The Balaban J connectivity index is 1.44. The quantitative estimate of drug-likeness (QED) is 0.526. The van der Waals surface area contributed by atoms with Crippen LogP contribution < -0.4 is 4.74 Å². The summed E-state index contributed by atoms with van der Waals surface area (Å²) >= 11 is 0. The number of ether oxygens (including phenoxy) is 2. The van der Waals surface area contributed by atoms with Crippen LogP contribution in [0.2, 0.25) is 0 Å². The number of nitrogens with zero attached hydrogens (tertiary/aromatic N) is 4. The number of hydrogen-bond acceptors (Lipinski definition) is 5. The second kappa shape index (κ2) is 7.44. The van der Waals surface area contributed by atoms with Crippen LogP contribution in [-0.4, -0.2) is 20.2 Å². The Morgan fingerprint density at radius 1 is 1.00 bits per heavy atom. The first-order valence-corrected chi connectivity index (χ1v) is 9.24. The van der Waals surface area contributed by atoms with Gasteiger partial charge >= 0.3 is 0 Å². The lowest BCUT2D eigenvalue weighted by atomic mass is 10.1. The Hall–Kier alpha value is -3.58. The minimum atomic E-state index is -0.545. The summed E-state index contributed by atoms with van der Waals surface area (Å²) in [5, 5.41) is 12.6. The van der Waals surface area contributed by atoms with Crippen LogP contribution in [0, 0.1) is 5.82 Å². The minimum Gasteiger partial charge on any atom is -0.460 e. The zero-order chi connectivity index (χ0) is 19.6. The van der Waals surface area contributed by atoms with E-state index < -0.39 is 6.29 Å². The summed E-state index contributed by atoms with van der Waals surface area (Å²) in [6.07, 6.45) is -0.545. The number of rotatable bonds is 4.